The molecule has 3 heterocycles. The Labute approximate surface area is 173 Å². The maximum Gasteiger partial charge on any atom is 0.407 e. The first kappa shape index (κ1) is 20.1. The lowest BCUT2D eigenvalue weighted by molar-refractivity contribution is 0.0735. The first-order chi connectivity index (χ1) is 14.5. The zero-order valence-corrected chi connectivity index (χ0v) is 16.4. The maximum absolute atomic E-state index is 13.4. The number of carbonyl (C=O) groups excluding carboxylic acids is 1. The summed E-state index contributed by atoms with van der Waals surface area (Å²) in [5.41, 5.74) is 1.67. The molecule has 4 rings (SSSR count). The van der Waals surface area contributed by atoms with Gasteiger partial charge in [-0.05, 0) is 23.8 Å². The molecule has 1 unspecified atom stereocenters. The second kappa shape index (κ2) is 8.66. The van der Waals surface area contributed by atoms with Crippen molar-refractivity contribution in [2.45, 2.75) is 12.5 Å². The van der Waals surface area contributed by atoms with Crippen LogP contribution in [0.15, 0.2) is 36.5 Å². The fraction of sp³-hybridized carbons (Fsp3) is 0.381. The highest BCUT2D eigenvalue weighted by molar-refractivity contribution is 5.95. The third kappa shape index (κ3) is 4.35. The van der Waals surface area contributed by atoms with Gasteiger partial charge in [-0.25, -0.2) is 14.2 Å². The molecule has 2 amide bonds. The Hall–Kier alpha value is -3.20. The van der Waals surface area contributed by atoms with Crippen LogP contribution in [0.1, 0.15) is 16.8 Å². The molecule has 1 atom stereocenters. The molecular weight excluding hydrogens is 391 g/mol. The monoisotopic (exact) mass is 414 g/mol. The van der Waals surface area contributed by atoms with E-state index in [1.165, 1.54) is 23.2 Å². The predicted molar refractivity (Wildman–Crippen MR) is 107 cm³/mol. The number of nitrogens with one attached hydrogen (secondary N) is 1. The van der Waals surface area contributed by atoms with E-state index in [4.69, 9.17) is 9.84 Å². The van der Waals surface area contributed by atoms with Gasteiger partial charge in [0.05, 0.1) is 12.1 Å². The number of carbonyl (C=O) groups is 2. The molecule has 2 aliphatic rings. The molecule has 9 heteroatoms. The summed E-state index contributed by atoms with van der Waals surface area (Å²) < 4.78 is 19.4. The summed E-state index contributed by atoms with van der Waals surface area (Å²) in [6.45, 7) is 3.37. The van der Waals surface area contributed by atoms with Gasteiger partial charge in [0.2, 0.25) is 5.88 Å². The lowest BCUT2D eigenvalue weighted by Crippen LogP contribution is -2.46. The van der Waals surface area contributed by atoms with E-state index in [-0.39, 0.29) is 24.4 Å². The standard InChI is InChI=1S/C21H23FN4O4/c22-16-3-1-14(2-4-16)18-11-15(20(27)25-9-6-23-7-10-25)12-24-19(18)30-17-5-8-26(13-17)21(28)29/h1-4,11-12,17,23H,5-10,13H2,(H,28,29). The molecule has 2 fully saturated rings. The molecule has 158 valence electrons. The van der Waals surface area contributed by atoms with Crippen LogP contribution in [0, 0.1) is 5.82 Å². The molecule has 0 aliphatic carbocycles. The first-order valence-corrected chi connectivity index (χ1v) is 9.92. The van der Waals surface area contributed by atoms with Crippen molar-refractivity contribution in [2.75, 3.05) is 39.3 Å². The summed E-state index contributed by atoms with van der Waals surface area (Å²) >= 11 is 0. The highest BCUT2D eigenvalue weighted by Gasteiger charge is 2.29. The van der Waals surface area contributed by atoms with Gasteiger partial charge in [-0.1, -0.05) is 12.1 Å². The number of aromatic nitrogens is 1. The number of benzene rings is 1. The average molecular weight is 414 g/mol. The van der Waals surface area contributed by atoms with Gasteiger partial charge in [-0.3, -0.25) is 4.79 Å². The number of rotatable bonds is 4. The van der Waals surface area contributed by atoms with Crippen LogP contribution in [0.5, 0.6) is 5.88 Å². The summed E-state index contributed by atoms with van der Waals surface area (Å²) in [6.07, 6.45) is 0.724. The van der Waals surface area contributed by atoms with Crippen LogP contribution in [-0.4, -0.2) is 77.3 Å². The van der Waals surface area contributed by atoms with Crippen LogP contribution in [-0.2, 0) is 0 Å². The van der Waals surface area contributed by atoms with Crippen molar-refractivity contribution >= 4 is 12.0 Å². The fourth-order valence-corrected chi connectivity index (χ4v) is 3.71. The van der Waals surface area contributed by atoms with Gasteiger partial charge in [0.1, 0.15) is 11.9 Å². The first-order valence-electron chi connectivity index (χ1n) is 9.92. The van der Waals surface area contributed by atoms with E-state index in [2.05, 4.69) is 10.3 Å². The van der Waals surface area contributed by atoms with E-state index in [1.54, 1.807) is 23.1 Å². The van der Waals surface area contributed by atoms with E-state index in [1.807, 2.05) is 0 Å². The SMILES string of the molecule is O=C(O)N1CCC(Oc2ncc(C(=O)N3CCNCC3)cc2-c2ccc(F)cc2)C1. The van der Waals surface area contributed by atoms with Crippen molar-refractivity contribution in [2.24, 2.45) is 0 Å². The lowest BCUT2D eigenvalue weighted by Gasteiger charge is -2.27. The Morgan fingerprint density at radius 1 is 1.13 bits per heavy atom. The van der Waals surface area contributed by atoms with Crippen LogP contribution in [0.25, 0.3) is 11.1 Å². The minimum Gasteiger partial charge on any atom is -0.472 e. The van der Waals surface area contributed by atoms with Gasteiger partial charge in [0.15, 0.2) is 0 Å². The van der Waals surface area contributed by atoms with Crippen LogP contribution >= 0.6 is 0 Å². The number of ether oxygens (including phenoxy) is 1. The van der Waals surface area contributed by atoms with Gasteiger partial charge in [-0.2, -0.15) is 0 Å². The number of amides is 2. The van der Waals surface area contributed by atoms with E-state index in [9.17, 15) is 14.0 Å². The molecule has 0 saturated carbocycles. The number of hydrogen-bond acceptors (Lipinski definition) is 5. The number of carboxylic acid groups (broad SMARTS) is 1. The summed E-state index contributed by atoms with van der Waals surface area (Å²) in [5, 5.41) is 12.4. The van der Waals surface area contributed by atoms with Crippen molar-refractivity contribution in [1.29, 1.82) is 0 Å². The minimum atomic E-state index is -0.982. The summed E-state index contributed by atoms with van der Waals surface area (Å²) in [7, 11) is 0. The summed E-state index contributed by atoms with van der Waals surface area (Å²) in [6, 6.07) is 7.61. The Kier molecular flexibility index (Phi) is 5.80. The summed E-state index contributed by atoms with van der Waals surface area (Å²) in [5.74, 6) is -0.178. The molecule has 2 aromatic rings. The van der Waals surface area contributed by atoms with Crippen molar-refractivity contribution in [3.05, 3.63) is 47.9 Å². The average Bonchev–Trinajstić information content (AvgIpc) is 3.24. The largest absolute Gasteiger partial charge is 0.472 e. The molecule has 30 heavy (non-hydrogen) atoms. The van der Waals surface area contributed by atoms with E-state index in [0.29, 0.717) is 48.6 Å². The van der Waals surface area contributed by atoms with Crippen LogP contribution in [0.2, 0.25) is 0 Å². The molecule has 0 spiro atoms. The molecule has 1 aromatic heterocycles. The number of pyridine rings is 1. The fourth-order valence-electron chi connectivity index (χ4n) is 3.71. The zero-order valence-electron chi connectivity index (χ0n) is 16.4. The second-order valence-corrected chi connectivity index (χ2v) is 7.38. The van der Waals surface area contributed by atoms with Gasteiger partial charge in [0, 0.05) is 50.9 Å². The zero-order chi connectivity index (χ0) is 21.1. The maximum atomic E-state index is 13.4. The lowest BCUT2D eigenvalue weighted by atomic mass is 10.0. The molecule has 2 N–H and O–H groups in total. The van der Waals surface area contributed by atoms with E-state index >= 15 is 0 Å². The molecule has 8 nitrogen and oxygen atoms in total. The summed E-state index contributed by atoms with van der Waals surface area (Å²) in [4.78, 5) is 31.5. The second-order valence-electron chi connectivity index (χ2n) is 7.38. The quantitative estimate of drug-likeness (QED) is 0.795. The van der Waals surface area contributed by atoms with E-state index in [0.717, 1.165) is 13.1 Å². The normalized spacial score (nSPS) is 19.0. The smallest absolute Gasteiger partial charge is 0.407 e. The number of likely N-dealkylation sites (tertiary alicyclic amines) is 1. The predicted octanol–water partition coefficient (Wildman–Crippen LogP) is 2.06. The third-order valence-electron chi connectivity index (χ3n) is 5.35. The highest BCUT2D eigenvalue weighted by atomic mass is 19.1. The number of halogens is 1. The highest BCUT2D eigenvalue weighted by Crippen LogP contribution is 2.31. The minimum absolute atomic E-state index is 0.114. The Morgan fingerprint density at radius 3 is 2.53 bits per heavy atom. The molecule has 2 saturated heterocycles. The third-order valence-corrected chi connectivity index (χ3v) is 5.35. The number of piperazine rings is 1. The van der Waals surface area contributed by atoms with Gasteiger partial charge >= 0.3 is 6.09 Å². The van der Waals surface area contributed by atoms with Crippen LogP contribution < -0.4 is 10.1 Å². The van der Waals surface area contributed by atoms with Gasteiger partial charge in [0.25, 0.3) is 5.91 Å². The molecular formula is C21H23FN4O4. The Bertz CT molecular complexity index is 931. The molecule has 1 aromatic carbocycles. The molecule has 2 aliphatic heterocycles. The number of nitrogens with zero attached hydrogens (tertiary/aromatic N) is 3. The topological polar surface area (TPSA) is 95.0 Å². The van der Waals surface area contributed by atoms with E-state index < -0.39 is 6.09 Å². The molecule has 0 bridgehead atoms. The molecule has 0 radical (unpaired) electrons. The Balaban J connectivity index is 1.62. The van der Waals surface area contributed by atoms with Crippen molar-refractivity contribution in [3.8, 4) is 17.0 Å². The van der Waals surface area contributed by atoms with Crippen molar-refractivity contribution in [1.82, 2.24) is 20.1 Å². The van der Waals surface area contributed by atoms with Gasteiger partial charge in [-0.15, -0.1) is 0 Å². The van der Waals surface area contributed by atoms with Crippen LogP contribution in [0.3, 0.4) is 0 Å². The van der Waals surface area contributed by atoms with Gasteiger partial charge < -0.3 is 25.0 Å². The van der Waals surface area contributed by atoms with Crippen LogP contribution in [0.4, 0.5) is 9.18 Å². The van der Waals surface area contributed by atoms with Crippen molar-refractivity contribution < 1.29 is 23.8 Å². The Morgan fingerprint density at radius 2 is 1.87 bits per heavy atom. The van der Waals surface area contributed by atoms with Crippen molar-refractivity contribution in [3.63, 3.8) is 0 Å². The number of hydrogen-bond donors (Lipinski definition) is 2.